The Morgan fingerprint density at radius 2 is 1.61 bits per heavy atom. The fraction of sp³-hybridized carbons (Fsp3) is 0.586. The van der Waals surface area contributed by atoms with Crippen molar-refractivity contribution in [1.82, 2.24) is 0 Å². The highest BCUT2D eigenvalue weighted by Gasteiger charge is 2.40. The van der Waals surface area contributed by atoms with Gasteiger partial charge in [-0.15, -0.1) is 0 Å². The van der Waals surface area contributed by atoms with E-state index in [0.29, 0.717) is 18.4 Å². The number of rotatable bonds is 9. The Balaban J connectivity index is 1.46. The zero-order valence-electron chi connectivity index (χ0n) is 19.5. The summed E-state index contributed by atoms with van der Waals surface area (Å²) in [5.41, 5.74) is 2.72. The highest BCUT2D eigenvalue weighted by Crippen LogP contribution is 2.46. The lowest BCUT2D eigenvalue weighted by Gasteiger charge is -2.44. The van der Waals surface area contributed by atoms with Crippen LogP contribution in [-0.2, 0) is 11.2 Å². The van der Waals surface area contributed by atoms with Crippen LogP contribution in [0.3, 0.4) is 0 Å². The van der Waals surface area contributed by atoms with E-state index in [-0.39, 0.29) is 6.29 Å². The number of benzene rings is 2. The van der Waals surface area contributed by atoms with E-state index in [1.807, 2.05) is 0 Å². The summed E-state index contributed by atoms with van der Waals surface area (Å²) in [6.45, 7) is 5.25. The highest BCUT2D eigenvalue weighted by molar-refractivity contribution is 5.29. The molecule has 2 fully saturated rings. The predicted molar refractivity (Wildman–Crippen MR) is 128 cm³/mol. The summed E-state index contributed by atoms with van der Waals surface area (Å²) in [4.78, 5) is 0. The number of ether oxygens (including phenoxy) is 2. The summed E-state index contributed by atoms with van der Waals surface area (Å²) in [6.07, 6.45) is 11.5. The second kappa shape index (κ2) is 11.2. The molecule has 2 nitrogen and oxygen atoms in total. The van der Waals surface area contributed by atoms with Crippen LogP contribution in [0.15, 0.2) is 54.6 Å². The molecule has 0 aliphatic heterocycles. The molecule has 2 aromatic rings. The van der Waals surface area contributed by atoms with Gasteiger partial charge in [-0.1, -0.05) is 88.4 Å². The average Bonchev–Trinajstić information content (AvgIpc) is 2.83. The van der Waals surface area contributed by atoms with Crippen molar-refractivity contribution < 1.29 is 9.47 Å². The van der Waals surface area contributed by atoms with Gasteiger partial charge in [0.25, 0.3) is 0 Å². The second-order valence-corrected chi connectivity index (χ2v) is 9.77. The van der Waals surface area contributed by atoms with Gasteiger partial charge in [-0.3, -0.25) is 0 Å². The summed E-state index contributed by atoms with van der Waals surface area (Å²) in [6, 6.07) is 19.4. The van der Waals surface area contributed by atoms with Crippen LogP contribution < -0.4 is 4.74 Å². The van der Waals surface area contributed by atoms with Crippen molar-refractivity contribution in [2.45, 2.75) is 83.8 Å². The van der Waals surface area contributed by atoms with Gasteiger partial charge in [-0.2, -0.15) is 0 Å². The van der Waals surface area contributed by atoms with Crippen LogP contribution in [0.5, 0.6) is 5.75 Å². The molecule has 5 unspecified atom stereocenters. The van der Waals surface area contributed by atoms with E-state index in [2.05, 4.69) is 68.4 Å². The fourth-order valence-corrected chi connectivity index (χ4v) is 5.75. The van der Waals surface area contributed by atoms with Gasteiger partial charge in [-0.25, -0.2) is 0 Å². The van der Waals surface area contributed by atoms with E-state index in [4.69, 9.17) is 9.47 Å². The molecule has 0 saturated heterocycles. The predicted octanol–water partition coefficient (Wildman–Crippen LogP) is 7.77. The van der Waals surface area contributed by atoms with Crippen molar-refractivity contribution in [3.05, 3.63) is 65.7 Å². The third-order valence-electron chi connectivity index (χ3n) is 7.81. The van der Waals surface area contributed by atoms with E-state index in [9.17, 15) is 0 Å². The topological polar surface area (TPSA) is 18.5 Å². The minimum absolute atomic E-state index is 0.135. The molecule has 0 N–H and O–H groups in total. The first kappa shape index (κ1) is 22.4. The van der Waals surface area contributed by atoms with Crippen molar-refractivity contribution in [2.75, 3.05) is 6.61 Å². The monoisotopic (exact) mass is 420 g/mol. The Morgan fingerprint density at radius 3 is 2.39 bits per heavy atom. The van der Waals surface area contributed by atoms with Crippen LogP contribution in [0, 0.1) is 17.8 Å². The van der Waals surface area contributed by atoms with E-state index in [0.717, 1.165) is 30.4 Å². The minimum Gasteiger partial charge on any atom is -0.465 e. The van der Waals surface area contributed by atoms with Crippen molar-refractivity contribution in [2.24, 2.45) is 17.8 Å². The summed E-state index contributed by atoms with van der Waals surface area (Å²) >= 11 is 0. The van der Waals surface area contributed by atoms with Gasteiger partial charge >= 0.3 is 0 Å². The Hall–Kier alpha value is -1.80. The summed E-state index contributed by atoms with van der Waals surface area (Å²) in [5, 5.41) is 0. The molecule has 2 heteroatoms. The Morgan fingerprint density at radius 1 is 0.871 bits per heavy atom. The molecule has 168 valence electrons. The number of hydrogen-bond donors (Lipinski definition) is 0. The van der Waals surface area contributed by atoms with E-state index in [1.165, 1.54) is 56.1 Å². The fourth-order valence-electron chi connectivity index (χ4n) is 5.75. The van der Waals surface area contributed by atoms with Crippen LogP contribution in [0.4, 0.5) is 0 Å². The highest BCUT2D eigenvalue weighted by atomic mass is 16.7. The first-order valence-corrected chi connectivity index (χ1v) is 12.7. The smallest absolute Gasteiger partial charge is 0.202 e. The van der Waals surface area contributed by atoms with Gasteiger partial charge in [0.1, 0.15) is 5.75 Å². The molecule has 2 saturated carbocycles. The third kappa shape index (κ3) is 5.92. The molecule has 4 rings (SSSR count). The summed E-state index contributed by atoms with van der Waals surface area (Å²) < 4.78 is 13.1. The SMILES string of the molecule is CCC(C)c1ccc(OC(OCCc2ccccc2)C2CCCC3CCCCC32)cc1. The van der Waals surface area contributed by atoms with Crippen LogP contribution in [0.2, 0.25) is 0 Å². The normalized spacial score (nSPS) is 25.4. The lowest BCUT2D eigenvalue weighted by molar-refractivity contribution is -0.146. The Labute approximate surface area is 189 Å². The minimum atomic E-state index is -0.135. The maximum absolute atomic E-state index is 6.59. The Bertz CT molecular complexity index is 767. The van der Waals surface area contributed by atoms with Gasteiger partial charge in [0, 0.05) is 5.92 Å². The van der Waals surface area contributed by atoms with Gasteiger partial charge in [0.2, 0.25) is 6.29 Å². The van der Waals surface area contributed by atoms with Crippen LogP contribution in [0.25, 0.3) is 0 Å². The molecular weight excluding hydrogens is 380 g/mol. The maximum atomic E-state index is 6.59. The zero-order valence-corrected chi connectivity index (χ0v) is 19.5. The van der Waals surface area contributed by atoms with Crippen LogP contribution >= 0.6 is 0 Å². The van der Waals surface area contributed by atoms with E-state index >= 15 is 0 Å². The van der Waals surface area contributed by atoms with Gasteiger partial charge in [-0.05, 0) is 66.7 Å². The molecule has 31 heavy (non-hydrogen) atoms. The summed E-state index contributed by atoms with van der Waals surface area (Å²) in [5.74, 6) is 3.71. The van der Waals surface area contributed by atoms with Crippen LogP contribution in [-0.4, -0.2) is 12.9 Å². The molecule has 2 aromatic carbocycles. The van der Waals surface area contributed by atoms with Gasteiger partial charge < -0.3 is 9.47 Å². The number of fused-ring (bicyclic) bond motifs is 1. The van der Waals surface area contributed by atoms with Crippen molar-refractivity contribution in [1.29, 1.82) is 0 Å². The molecule has 5 atom stereocenters. The lowest BCUT2D eigenvalue weighted by Crippen LogP contribution is -2.42. The van der Waals surface area contributed by atoms with Crippen molar-refractivity contribution in [3.8, 4) is 5.75 Å². The molecule has 0 aromatic heterocycles. The standard InChI is InChI=1S/C29H40O2/c1-3-22(2)24-16-18-26(19-17-24)31-29(30-21-20-23-10-5-4-6-11-23)28-15-9-13-25-12-7-8-14-27(25)28/h4-6,10-11,16-19,22,25,27-29H,3,7-9,12-15,20-21H2,1-2H3. The molecule has 0 amide bonds. The Kier molecular flexibility index (Phi) is 8.08. The average molecular weight is 421 g/mol. The molecule has 0 radical (unpaired) electrons. The third-order valence-corrected chi connectivity index (χ3v) is 7.81. The first-order valence-electron chi connectivity index (χ1n) is 12.7. The quantitative estimate of drug-likeness (QED) is 0.386. The molecule has 0 heterocycles. The lowest BCUT2D eigenvalue weighted by atomic mass is 9.65. The van der Waals surface area contributed by atoms with Crippen LogP contribution in [0.1, 0.15) is 82.3 Å². The zero-order chi connectivity index (χ0) is 21.5. The van der Waals surface area contributed by atoms with Gasteiger partial charge in [0.15, 0.2) is 0 Å². The van der Waals surface area contributed by atoms with E-state index in [1.54, 1.807) is 0 Å². The second-order valence-electron chi connectivity index (χ2n) is 9.77. The molecule has 0 spiro atoms. The van der Waals surface area contributed by atoms with E-state index < -0.39 is 0 Å². The maximum Gasteiger partial charge on any atom is 0.202 e. The molecule has 2 aliphatic rings. The largest absolute Gasteiger partial charge is 0.465 e. The molecular formula is C29H40O2. The first-order chi connectivity index (χ1) is 15.2. The van der Waals surface area contributed by atoms with Crippen molar-refractivity contribution >= 4 is 0 Å². The van der Waals surface area contributed by atoms with Gasteiger partial charge in [0.05, 0.1) is 6.61 Å². The van der Waals surface area contributed by atoms with Crippen molar-refractivity contribution in [3.63, 3.8) is 0 Å². The molecule has 0 bridgehead atoms. The number of hydrogen-bond acceptors (Lipinski definition) is 2. The molecule has 2 aliphatic carbocycles. The summed E-state index contributed by atoms with van der Waals surface area (Å²) in [7, 11) is 0.